The fourth-order valence-electron chi connectivity index (χ4n) is 1.25. The Bertz CT molecular complexity index is 316. The van der Waals surface area contributed by atoms with Crippen LogP contribution in [-0.4, -0.2) is 5.97 Å². The SMILES string of the molecule is CCC(=O)Oc1ccccc1C(C)C. The average molecular weight is 192 g/mol. The minimum atomic E-state index is -0.182. The van der Waals surface area contributed by atoms with E-state index in [1.807, 2.05) is 24.3 Å². The maximum absolute atomic E-state index is 11.1. The number of esters is 1. The molecule has 0 spiro atoms. The number of carbonyl (C=O) groups is 1. The van der Waals surface area contributed by atoms with Gasteiger partial charge in [-0.2, -0.15) is 0 Å². The van der Waals surface area contributed by atoms with Crippen molar-refractivity contribution in [2.75, 3.05) is 0 Å². The molecule has 0 N–H and O–H groups in total. The van der Waals surface area contributed by atoms with E-state index in [-0.39, 0.29) is 5.97 Å². The lowest BCUT2D eigenvalue weighted by atomic mass is 10.0. The van der Waals surface area contributed by atoms with E-state index in [2.05, 4.69) is 13.8 Å². The smallest absolute Gasteiger partial charge is 0.310 e. The molecule has 0 atom stereocenters. The summed E-state index contributed by atoms with van der Waals surface area (Å²) in [5.74, 6) is 0.878. The first-order valence-electron chi connectivity index (χ1n) is 4.94. The van der Waals surface area contributed by atoms with Gasteiger partial charge in [-0.15, -0.1) is 0 Å². The number of benzene rings is 1. The third-order valence-corrected chi connectivity index (χ3v) is 2.05. The van der Waals surface area contributed by atoms with E-state index >= 15 is 0 Å². The number of ether oxygens (including phenoxy) is 1. The van der Waals surface area contributed by atoms with Crippen molar-refractivity contribution in [1.82, 2.24) is 0 Å². The van der Waals surface area contributed by atoms with E-state index in [1.54, 1.807) is 6.92 Å². The first-order valence-corrected chi connectivity index (χ1v) is 4.94. The van der Waals surface area contributed by atoms with Crippen LogP contribution < -0.4 is 4.74 Å². The molecule has 0 aromatic heterocycles. The van der Waals surface area contributed by atoms with Crippen LogP contribution >= 0.6 is 0 Å². The lowest BCUT2D eigenvalue weighted by Crippen LogP contribution is -2.07. The molecule has 0 unspecified atom stereocenters. The molecule has 0 aliphatic carbocycles. The minimum absolute atomic E-state index is 0.182. The molecule has 0 aliphatic heterocycles. The van der Waals surface area contributed by atoms with E-state index in [1.165, 1.54) is 0 Å². The molecule has 0 heterocycles. The monoisotopic (exact) mass is 192 g/mol. The van der Waals surface area contributed by atoms with Crippen molar-refractivity contribution < 1.29 is 9.53 Å². The highest BCUT2D eigenvalue weighted by Crippen LogP contribution is 2.25. The summed E-state index contributed by atoms with van der Waals surface area (Å²) in [6.45, 7) is 5.96. The van der Waals surface area contributed by atoms with Gasteiger partial charge in [-0.25, -0.2) is 0 Å². The Morgan fingerprint density at radius 3 is 2.57 bits per heavy atom. The van der Waals surface area contributed by atoms with Gasteiger partial charge in [-0.3, -0.25) is 4.79 Å². The zero-order chi connectivity index (χ0) is 10.6. The van der Waals surface area contributed by atoms with Gasteiger partial charge in [0, 0.05) is 6.42 Å². The molecule has 0 amide bonds. The fraction of sp³-hybridized carbons (Fsp3) is 0.417. The molecule has 0 aliphatic rings. The largest absolute Gasteiger partial charge is 0.426 e. The van der Waals surface area contributed by atoms with Gasteiger partial charge in [0.1, 0.15) is 5.75 Å². The molecule has 2 heteroatoms. The van der Waals surface area contributed by atoms with E-state index in [0.29, 0.717) is 18.1 Å². The first-order chi connectivity index (χ1) is 6.65. The fourth-order valence-corrected chi connectivity index (χ4v) is 1.25. The van der Waals surface area contributed by atoms with Gasteiger partial charge in [0.05, 0.1) is 0 Å². The molecule has 1 aromatic carbocycles. The van der Waals surface area contributed by atoms with Gasteiger partial charge >= 0.3 is 5.97 Å². The van der Waals surface area contributed by atoms with Crippen molar-refractivity contribution in [3.63, 3.8) is 0 Å². The first kappa shape index (κ1) is 10.8. The van der Waals surface area contributed by atoms with E-state index in [9.17, 15) is 4.79 Å². The lowest BCUT2D eigenvalue weighted by molar-refractivity contribution is -0.134. The van der Waals surface area contributed by atoms with Crippen LogP contribution in [0.4, 0.5) is 0 Å². The van der Waals surface area contributed by atoms with Crippen molar-refractivity contribution in [1.29, 1.82) is 0 Å². The van der Waals surface area contributed by atoms with Crippen LogP contribution in [0.1, 0.15) is 38.7 Å². The molecule has 0 saturated carbocycles. The zero-order valence-corrected chi connectivity index (χ0v) is 8.91. The second-order valence-corrected chi connectivity index (χ2v) is 3.52. The third-order valence-electron chi connectivity index (χ3n) is 2.05. The summed E-state index contributed by atoms with van der Waals surface area (Å²) in [6, 6.07) is 7.66. The highest BCUT2D eigenvalue weighted by atomic mass is 16.5. The van der Waals surface area contributed by atoms with Gasteiger partial charge in [0.15, 0.2) is 0 Å². The van der Waals surface area contributed by atoms with Crippen LogP contribution in [0.2, 0.25) is 0 Å². The van der Waals surface area contributed by atoms with Crippen LogP contribution in [0.25, 0.3) is 0 Å². The Kier molecular flexibility index (Phi) is 3.69. The molecule has 2 nitrogen and oxygen atoms in total. The molecule has 0 bridgehead atoms. The van der Waals surface area contributed by atoms with E-state index < -0.39 is 0 Å². The molecule has 0 fully saturated rings. The maximum atomic E-state index is 11.1. The van der Waals surface area contributed by atoms with Gasteiger partial charge in [-0.05, 0) is 17.5 Å². The van der Waals surface area contributed by atoms with Gasteiger partial charge in [-0.1, -0.05) is 39.0 Å². The van der Waals surface area contributed by atoms with Crippen LogP contribution in [0, 0.1) is 0 Å². The second kappa shape index (κ2) is 4.80. The zero-order valence-electron chi connectivity index (χ0n) is 8.91. The van der Waals surface area contributed by atoms with E-state index in [0.717, 1.165) is 5.56 Å². The highest BCUT2D eigenvalue weighted by Gasteiger charge is 2.09. The van der Waals surface area contributed by atoms with Gasteiger partial charge in [0.2, 0.25) is 0 Å². The predicted molar refractivity (Wildman–Crippen MR) is 56.5 cm³/mol. The number of rotatable bonds is 3. The minimum Gasteiger partial charge on any atom is -0.426 e. The molecule has 1 aromatic rings. The van der Waals surface area contributed by atoms with Crippen molar-refractivity contribution in [2.45, 2.75) is 33.1 Å². The molecule has 1 rings (SSSR count). The summed E-state index contributed by atoms with van der Waals surface area (Å²) < 4.78 is 5.22. The summed E-state index contributed by atoms with van der Waals surface area (Å²) in [4.78, 5) is 11.1. The van der Waals surface area contributed by atoms with Crippen molar-refractivity contribution >= 4 is 5.97 Å². The molecule has 0 radical (unpaired) electrons. The molecular formula is C12H16O2. The summed E-state index contributed by atoms with van der Waals surface area (Å²) >= 11 is 0. The predicted octanol–water partition coefficient (Wildman–Crippen LogP) is 3.13. The number of carbonyl (C=O) groups excluding carboxylic acids is 1. The highest BCUT2D eigenvalue weighted by molar-refractivity contribution is 5.72. The lowest BCUT2D eigenvalue weighted by Gasteiger charge is -2.11. The summed E-state index contributed by atoms with van der Waals surface area (Å²) in [5, 5.41) is 0. The molecule has 14 heavy (non-hydrogen) atoms. The van der Waals surface area contributed by atoms with Gasteiger partial charge < -0.3 is 4.74 Å². The van der Waals surface area contributed by atoms with Crippen LogP contribution in [0.5, 0.6) is 5.75 Å². The summed E-state index contributed by atoms with van der Waals surface area (Å²) in [6.07, 6.45) is 0.409. The molecular weight excluding hydrogens is 176 g/mol. The average Bonchev–Trinajstić information content (AvgIpc) is 2.18. The summed E-state index contributed by atoms with van der Waals surface area (Å²) in [5.41, 5.74) is 1.08. The number of hydrogen-bond acceptors (Lipinski definition) is 2. The Morgan fingerprint density at radius 2 is 2.00 bits per heavy atom. The molecule has 76 valence electrons. The van der Waals surface area contributed by atoms with Crippen molar-refractivity contribution in [3.8, 4) is 5.75 Å². The van der Waals surface area contributed by atoms with Crippen LogP contribution in [0.15, 0.2) is 24.3 Å². The number of para-hydroxylation sites is 1. The normalized spacial score (nSPS) is 10.3. The third kappa shape index (κ3) is 2.59. The van der Waals surface area contributed by atoms with Crippen LogP contribution in [-0.2, 0) is 4.79 Å². The topological polar surface area (TPSA) is 26.3 Å². The Balaban J connectivity index is 2.90. The van der Waals surface area contributed by atoms with Crippen molar-refractivity contribution in [3.05, 3.63) is 29.8 Å². The number of hydrogen-bond donors (Lipinski definition) is 0. The quantitative estimate of drug-likeness (QED) is 0.543. The van der Waals surface area contributed by atoms with E-state index in [4.69, 9.17) is 4.74 Å². The Morgan fingerprint density at radius 1 is 1.36 bits per heavy atom. The summed E-state index contributed by atoms with van der Waals surface area (Å²) in [7, 11) is 0. The van der Waals surface area contributed by atoms with Gasteiger partial charge in [0.25, 0.3) is 0 Å². The maximum Gasteiger partial charge on any atom is 0.310 e. The Labute approximate surface area is 84.9 Å². The van der Waals surface area contributed by atoms with Crippen LogP contribution in [0.3, 0.4) is 0 Å². The molecule has 0 saturated heterocycles. The second-order valence-electron chi connectivity index (χ2n) is 3.52. The van der Waals surface area contributed by atoms with Crippen molar-refractivity contribution in [2.24, 2.45) is 0 Å². The Hall–Kier alpha value is -1.31. The standard InChI is InChI=1S/C12H16O2/c1-4-12(13)14-11-8-6-5-7-10(11)9(2)3/h5-9H,4H2,1-3H3.